The van der Waals surface area contributed by atoms with Crippen LogP contribution >= 0.6 is 22.6 Å². The van der Waals surface area contributed by atoms with Crippen molar-refractivity contribution in [3.8, 4) is 0 Å². The van der Waals surface area contributed by atoms with Crippen molar-refractivity contribution in [3.05, 3.63) is 158 Å². The highest BCUT2D eigenvalue weighted by Gasteiger charge is 2.56. The van der Waals surface area contributed by atoms with E-state index in [4.69, 9.17) is 13.6 Å². The van der Waals surface area contributed by atoms with Crippen LogP contribution in [0, 0.1) is 0 Å². The maximum absolute atomic E-state index is 13.2. The molecule has 0 fully saturated rings. The van der Waals surface area contributed by atoms with E-state index < -0.39 is 40.1 Å². The van der Waals surface area contributed by atoms with Gasteiger partial charge in [0.2, 0.25) is 5.88 Å². The lowest BCUT2D eigenvalue weighted by Crippen LogP contribution is -2.69. The maximum atomic E-state index is 13.2. The Labute approximate surface area is 315 Å². The average molecular weight is 829 g/mol. The second-order valence-corrected chi connectivity index (χ2v) is 24.7. The van der Waals surface area contributed by atoms with Crippen molar-refractivity contribution in [1.29, 1.82) is 0 Å². The standard InChI is InChI=1S/C41H45IN2O5Si2/c1-40(2,3)50(30-19-11-7-12-20-30,31-21-13-8-14-22-31)47-29-34-37(36(42)38(48-34)44-28-27-35(45)43-39(44)46)49-51(41(4,5)6,32-23-15-9-16-24-32)33-25-17-10-18-26-33/h7-28,34,37H,29H2,1-6H3,(H,43,45,46)/t34-,37-/m1/s1. The van der Waals surface area contributed by atoms with Crippen LogP contribution in [-0.2, 0) is 13.6 Å². The monoisotopic (exact) mass is 828 g/mol. The number of hydrogen-bond donors (Lipinski definition) is 1. The van der Waals surface area contributed by atoms with Crippen molar-refractivity contribution in [2.45, 2.75) is 63.8 Å². The third-order valence-corrected chi connectivity index (χ3v) is 20.8. The summed E-state index contributed by atoms with van der Waals surface area (Å²) in [5.41, 5.74) is -1.05. The summed E-state index contributed by atoms with van der Waals surface area (Å²) in [6.07, 6.45) is 0.249. The highest BCUT2D eigenvalue weighted by Crippen LogP contribution is 2.44. The van der Waals surface area contributed by atoms with E-state index in [0.29, 0.717) is 5.88 Å². The third kappa shape index (κ3) is 6.92. The second-order valence-electron chi connectivity index (χ2n) is 15.0. The van der Waals surface area contributed by atoms with Gasteiger partial charge < -0.3 is 13.6 Å². The van der Waals surface area contributed by atoms with Crippen molar-refractivity contribution < 1.29 is 13.6 Å². The fraction of sp³-hybridized carbons (Fsp3) is 0.268. The highest BCUT2D eigenvalue weighted by molar-refractivity contribution is 14.1. The molecule has 51 heavy (non-hydrogen) atoms. The Kier molecular flexibility index (Phi) is 10.6. The molecule has 7 nitrogen and oxygen atoms in total. The van der Waals surface area contributed by atoms with Gasteiger partial charge in [-0.3, -0.25) is 9.78 Å². The SMILES string of the molecule is CC(C)(C)[Si](OC[C@H]1OC(n2ccc(=O)[nH]c2=O)=C(I)[C@@H]1O[Si](c1ccccc1)(c1ccccc1)C(C)(C)C)(c1ccccc1)c1ccccc1. The summed E-state index contributed by atoms with van der Waals surface area (Å²) < 4.78 is 24.1. The normalized spacial score (nSPS) is 17.0. The van der Waals surface area contributed by atoms with Gasteiger partial charge >= 0.3 is 5.69 Å². The first-order valence-corrected chi connectivity index (χ1v) is 22.1. The van der Waals surface area contributed by atoms with Gasteiger partial charge in [-0.15, -0.1) is 0 Å². The van der Waals surface area contributed by atoms with Gasteiger partial charge in [-0.05, 0) is 53.4 Å². The molecule has 0 saturated carbocycles. The van der Waals surface area contributed by atoms with Crippen LogP contribution in [0.1, 0.15) is 41.5 Å². The molecule has 1 aliphatic heterocycles. The molecule has 0 saturated heterocycles. The van der Waals surface area contributed by atoms with Gasteiger partial charge in [-0.25, -0.2) is 9.36 Å². The molecule has 1 aromatic heterocycles. The number of nitrogens with zero attached hydrogens (tertiary/aromatic N) is 1. The Bertz CT molecular complexity index is 2010. The summed E-state index contributed by atoms with van der Waals surface area (Å²) in [5.74, 6) is 0.329. The number of nitrogens with one attached hydrogen (secondary N) is 1. The number of rotatable bonds is 10. The van der Waals surface area contributed by atoms with Crippen molar-refractivity contribution in [3.63, 3.8) is 0 Å². The van der Waals surface area contributed by atoms with E-state index in [1.54, 1.807) is 0 Å². The summed E-state index contributed by atoms with van der Waals surface area (Å²) in [6.45, 7) is 13.7. The molecular weight excluding hydrogens is 784 g/mol. The number of aromatic nitrogens is 2. The molecule has 0 radical (unpaired) electrons. The summed E-state index contributed by atoms with van der Waals surface area (Å²) in [5, 5.41) is 4.01. The molecule has 1 N–H and O–H groups in total. The van der Waals surface area contributed by atoms with Gasteiger partial charge in [0.1, 0.15) is 6.10 Å². The Morgan fingerprint density at radius 3 is 1.47 bits per heavy atom. The number of aromatic amines is 1. The Hall–Kier alpha value is -3.82. The fourth-order valence-electron chi connectivity index (χ4n) is 7.39. The van der Waals surface area contributed by atoms with Crippen LogP contribution in [0.2, 0.25) is 10.1 Å². The van der Waals surface area contributed by atoms with Crippen LogP contribution < -0.4 is 32.0 Å². The molecule has 6 rings (SSSR count). The average Bonchev–Trinajstić information content (AvgIpc) is 3.41. The van der Waals surface area contributed by atoms with Crippen LogP contribution in [0.15, 0.2) is 147 Å². The van der Waals surface area contributed by atoms with Crippen LogP contribution in [0.4, 0.5) is 0 Å². The van der Waals surface area contributed by atoms with Crippen LogP contribution in [0.3, 0.4) is 0 Å². The summed E-state index contributed by atoms with van der Waals surface area (Å²) in [6, 6.07) is 43.3. The Morgan fingerprint density at radius 2 is 1.08 bits per heavy atom. The molecule has 0 unspecified atom stereocenters. The fourth-order valence-corrected chi connectivity index (χ4v) is 17.8. The van der Waals surface area contributed by atoms with E-state index in [1.165, 1.54) is 16.8 Å². The van der Waals surface area contributed by atoms with Gasteiger partial charge in [0.15, 0.2) is 6.10 Å². The number of benzene rings is 4. The van der Waals surface area contributed by atoms with Crippen molar-refractivity contribution in [2.75, 3.05) is 6.61 Å². The lowest BCUT2D eigenvalue weighted by molar-refractivity contribution is 0.0364. The van der Waals surface area contributed by atoms with E-state index in [0.717, 1.165) is 24.3 Å². The van der Waals surface area contributed by atoms with E-state index >= 15 is 0 Å². The van der Waals surface area contributed by atoms with Gasteiger partial charge in [-0.1, -0.05) is 163 Å². The summed E-state index contributed by atoms with van der Waals surface area (Å²) in [4.78, 5) is 27.7. The summed E-state index contributed by atoms with van der Waals surface area (Å²) >= 11 is 2.26. The van der Waals surface area contributed by atoms with Crippen LogP contribution in [-0.4, -0.2) is 45.0 Å². The predicted octanol–water partition coefficient (Wildman–Crippen LogP) is 6.02. The topological polar surface area (TPSA) is 82.5 Å². The largest absolute Gasteiger partial charge is 0.469 e. The Morgan fingerprint density at radius 1 is 0.667 bits per heavy atom. The molecule has 0 bridgehead atoms. The lowest BCUT2D eigenvalue weighted by atomic mass is 10.2. The summed E-state index contributed by atoms with van der Waals surface area (Å²) in [7, 11) is -6.07. The maximum Gasteiger partial charge on any atom is 0.335 e. The van der Waals surface area contributed by atoms with E-state index in [9.17, 15) is 9.59 Å². The second kappa shape index (κ2) is 14.7. The molecule has 10 heteroatoms. The first kappa shape index (κ1) is 37.0. The predicted molar refractivity (Wildman–Crippen MR) is 219 cm³/mol. The van der Waals surface area contributed by atoms with E-state index in [-0.39, 0.29) is 16.7 Å². The van der Waals surface area contributed by atoms with Gasteiger partial charge in [-0.2, -0.15) is 0 Å². The number of hydrogen-bond acceptors (Lipinski definition) is 5. The van der Waals surface area contributed by atoms with E-state index in [2.05, 4.69) is 166 Å². The Balaban J connectivity index is 1.53. The molecule has 1 aliphatic rings. The zero-order chi connectivity index (χ0) is 36.4. The molecule has 2 atom stereocenters. The number of H-pyrrole nitrogens is 1. The lowest BCUT2D eigenvalue weighted by Gasteiger charge is -2.46. The molecule has 4 aromatic carbocycles. The minimum absolute atomic E-state index is 0.199. The minimum atomic E-state index is -3.10. The molecule has 2 heterocycles. The molecule has 0 aliphatic carbocycles. The van der Waals surface area contributed by atoms with E-state index in [1.807, 2.05) is 24.3 Å². The quantitative estimate of drug-likeness (QED) is 0.138. The van der Waals surface area contributed by atoms with Crippen LogP contribution in [0.25, 0.3) is 5.88 Å². The molecule has 5 aromatic rings. The zero-order valence-corrected chi connectivity index (χ0v) is 34.1. The van der Waals surface area contributed by atoms with Crippen molar-refractivity contribution in [1.82, 2.24) is 9.55 Å². The van der Waals surface area contributed by atoms with Crippen LogP contribution in [0.5, 0.6) is 0 Å². The molecule has 0 amide bonds. The third-order valence-electron chi connectivity index (χ3n) is 9.70. The number of halogens is 1. The van der Waals surface area contributed by atoms with Crippen molar-refractivity contribution in [2.24, 2.45) is 0 Å². The highest BCUT2D eigenvalue weighted by atomic mass is 127. The smallest absolute Gasteiger partial charge is 0.335 e. The number of ether oxygens (including phenoxy) is 1. The van der Waals surface area contributed by atoms with Gasteiger partial charge in [0.25, 0.3) is 22.2 Å². The van der Waals surface area contributed by atoms with Gasteiger partial charge in [0.05, 0.1) is 10.2 Å². The minimum Gasteiger partial charge on any atom is -0.469 e. The first-order chi connectivity index (χ1) is 24.3. The molecule has 0 spiro atoms. The molecular formula is C41H45IN2O5Si2. The first-order valence-electron chi connectivity index (χ1n) is 17.2. The van der Waals surface area contributed by atoms with Crippen molar-refractivity contribution >= 4 is 65.9 Å². The van der Waals surface area contributed by atoms with Gasteiger partial charge in [0, 0.05) is 12.3 Å². The molecule has 264 valence electrons. The zero-order valence-electron chi connectivity index (χ0n) is 29.9.